The first-order chi connectivity index (χ1) is 9.12. The van der Waals surface area contributed by atoms with Gasteiger partial charge in [-0.1, -0.05) is 6.42 Å². The second kappa shape index (κ2) is 6.83. The Morgan fingerprint density at radius 1 is 1.20 bits per heavy atom. The molecule has 0 bridgehead atoms. The van der Waals surface area contributed by atoms with Gasteiger partial charge in [-0.05, 0) is 19.3 Å². The summed E-state index contributed by atoms with van der Waals surface area (Å²) in [6, 6.07) is -1.43. The SMILES string of the molecule is CS(=O)(=O)CCC(NS(=O)(=O)N1CCCCC1)C(=O)O. The predicted molar refractivity (Wildman–Crippen MR) is 73.2 cm³/mol. The number of carbonyl (C=O) groups is 1. The fraction of sp³-hybridized carbons (Fsp3) is 0.900. The highest BCUT2D eigenvalue weighted by Crippen LogP contribution is 2.13. The van der Waals surface area contributed by atoms with Crippen molar-refractivity contribution in [2.45, 2.75) is 31.7 Å². The minimum atomic E-state index is -3.89. The van der Waals surface area contributed by atoms with E-state index in [0.29, 0.717) is 13.1 Å². The minimum Gasteiger partial charge on any atom is -0.480 e. The average molecular weight is 328 g/mol. The third-order valence-corrected chi connectivity index (χ3v) is 5.63. The third-order valence-electron chi connectivity index (χ3n) is 3.02. The van der Waals surface area contributed by atoms with E-state index in [1.54, 1.807) is 0 Å². The van der Waals surface area contributed by atoms with E-state index >= 15 is 0 Å². The highest BCUT2D eigenvalue weighted by molar-refractivity contribution is 7.90. The van der Waals surface area contributed by atoms with Gasteiger partial charge in [0.05, 0.1) is 5.75 Å². The van der Waals surface area contributed by atoms with Crippen LogP contribution >= 0.6 is 0 Å². The van der Waals surface area contributed by atoms with Gasteiger partial charge in [0.25, 0.3) is 10.2 Å². The maximum atomic E-state index is 12.0. The van der Waals surface area contributed by atoms with Gasteiger partial charge in [0, 0.05) is 19.3 Å². The molecule has 1 unspecified atom stereocenters. The molecule has 1 heterocycles. The number of piperidine rings is 1. The first kappa shape index (κ1) is 17.3. The van der Waals surface area contributed by atoms with Crippen LogP contribution in [0.5, 0.6) is 0 Å². The van der Waals surface area contributed by atoms with Crippen molar-refractivity contribution in [2.24, 2.45) is 0 Å². The lowest BCUT2D eigenvalue weighted by atomic mass is 10.2. The minimum absolute atomic E-state index is 0.290. The van der Waals surface area contributed by atoms with E-state index in [-0.39, 0.29) is 12.2 Å². The van der Waals surface area contributed by atoms with E-state index in [9.17, 15) is 21.6 Å². The lowest BCUT2D eigenvalue weighted by Gasteiger charge is -2.27. The molecule has 1 atom stereocenters. The molecule has 118 valence electrons. The Hall–Kier alpha value is -0.710. The molecule has 1 aliphatic rings. The average Bonchev–Trinajstić information content (AvgIpc) is 2.34. The van der Waals surface area contributed by atoms with Crippen LogP contribution in [0.3, 0.4) is 0 Å². The van der Waals surface area contributed by atoms with Crippen LogP contribution in [0.4, 0.5) is 0 Å². The van der Waals surface area contributed by atoms with Crippen LogP contribution in [0, 0.1) is 0 Å². The molecule has 1 saturated heterocycles. The third kappa shape index (κ3) is 5.73. The molecule has 0 aromatic carbocycles. The van der Waals surface area contributed by atoms with Crippen molar-refractivity contribution in [2.75, 3.05) is 25.1 Å². The normalized spacial score (nSPS) is 19.6. The molecule has 0 aromatic heterocycles. The summed E-state index contributed by atoms with van der Waals surface area (Å²) in [5.41, 5.74) is 0. The molecule has 20 heavy (non-hydrogen) atoms. The monoisotopic (exact) mass is 328 g/mol. The Labute approximate surface area is 119 Å². The van der Waals surface area contributed by atoms with Crippen LogP contribution in [0.25, 0.3) is 0 Å². The molecule has 2 N–H and O–H groups in total. The molecule has 1 rings (SSSR count). The molecular formula is C10H20N2O6S2. The van der Waals surface area contributed by atoms with Crippen molar-refractivity contribution in [3.63, 3.8) is 0 Å². The van der Waals surface area contributed by atoms with Crippen molar-refractivity contribution < 1.29 is 26.7 Å². The highest BCUT2D eigenvalue weighted by Gasteiger charge is 2.30. The van der Waals surface area contributed by atoms with Crippen LogP contribution in [0.15, 0.2) is 0 Å². The number of carboxylic acids is 1. The van der Waals surface area contributed by atoms with E-state index in [1.807, 2.05) is 0 Å². The van der Waals surface area contributed by atoms with E-state index in [0.717, 1.165) is 25.5 Å². The quantitative estimate of drug-likeness (QED) is 0.631. The van der Waals surface area contributed by atoms with Gasteiger partial charge >= 0.3 is 5.97 Å². The van der Waals surface area contributed by atoms with Gasteiger partial charge in [-0.2, -0.15) is 17.4 Å². The summed E-state index contributed by atoms with van der Waals surface area (Å²) >= 11 is 0. The van der Waals surface area contributed by atoms with Gasteiger partial charge in [0.1, 0.15) is 15.9 Å². The van der Waals surface area contributed by atoms with Crippen LogP contribution in [0.2, 0.25) is 0 Å². The first-order valence-corrected chi connectivity index (χ1v) is 9.80. The fourth-order valence-corrected chi connectivity index (χ4v) is 4.05. The maximum absolute atomic E-state index is 12.0. The van der Waals surface area contributed by atoms with Crippen LogP contribution in [-0.2, 0) is 24.8 Å². The molecule has 8 nitrogen and oxygen atoms in total. The number of carboxylic acid groups (broad SMARTS) is 1. The van der Waals surface area contributed by atoms with Crippen molar-refractivity contribution in [1.82, 2.24) is 9.03 Å². The van der Waals surface area contributed by atoms with E-state index < -0.39 is 32.1 Å². The molecule has 10 heteroatoms. The standard InChI is InChI=1S/C10H20N2O6S2/c1-19(15,16)8-5-9(10(13)14)11-20(17,18)12-6-3-2-4-7-12/h9,11H,2-8H2,1H3,(H,13,14). The maximum Gasteiger partial charge on any atom is 0.321 e. The topological polar surface area (TPSA) is 121 Å². The zero-order chi connectivity index (χ0) is 15.4. The van der Waals surface area contributed by atoms with Crippen LogP contribution < -0.4 is 4.72 Å². The number of hydrogen-bond donors (Lipinski definition) is 2. The molecule has 0 spiro atoms. The number of nitrogens with one attached hydrogen (secondary N) is 1. The van der Waals surface area contributed by atoms with Crippen molar-refractivity contribution in [1.29, 1.82) is 0 Å². The highest BCUT2D eigenvalue weighted by atomic mass is 32.2. The number of nitrogens with zero attached hydrogens (tertiary/aromatic N) is 1. The number of aliphatic carboxylic acids is 1. The smallest absolute Gasteiger partial charge is 0.321 e. The Morgan fingerprint density at radius 3 is 2.20 bits per heavy atom. The summed E-state index contributed by atoms with van der Waals surface area (Å²) in [5, 5.41) is 8.99. The molecule has 0 aliphatic carbocycles. The zero-order valence-electron chi connectivity index (χ0n) is 11.3. The lowest BCUT2D eigenvalue weighted by molar-refractivity contribution is -0.139. The van der Waals surface area contributed by atoms with Crippen LogP contribution in [0.1, 0.15) is 25.7 Å². The number of hydrogen-bond acceptors (Lipinski definition) is 5. The summed E-state index contributed by atoms with van der Waals surface area (Å²) < 4.78 is 49.4. The lowest BCUT2D eigenvalue weighted by Crippen LogP contribution is -2.50. The van der Waals surface area contributed by atoms with Gasteiger partial charge in [0.2, 0.25) is 0 Å². The molecule has 0 radical (unpaired) electrons. The molecular weight excluding hydrogens is 308 g/mol. The van der Waals surface area contributed by atoms with Gasteiger partial charge in [-0.25, -0.2) is 8.42 Å². The van der Waals surface area contributed by atoms with Gasteiger partial charge < -0.3 is 5.11 Å². The van der Waals surface area contributed by atoms with E-state index in [1.165, 1.54) is 4.31 Å². The van der Waals surface area contributed by atoms with E-state index in [4.69, 9.17) is 5.11 Å². The molecule has 1 aliphatic heterocycles. The van der Waals surface area contributed by atoms with Gasteiger partial charge in [-0.3, -0.25) is 4.79 Å². The van der Waals surface area contributed by atoms with Crippen molar-refractivity contribution >= 4 is 26.0 Å². The first-order valence-electron chi connectivity index (χ1n) is 6.30. The number of rotatable bonds is 7. The Bertz CT molecular complexity index is 536. The second-order valence-corrected chi connectivity index (χ2v) is 8.85. The number of sulfone groups is 1. The molecule has 0 amide bonds. The van der Waals surface area contributed by atoms with Crippen molar-refractivity contribution in [3.05, 3.63) is 0 Å². The Morgan fingerprint density at radius 2 is 1.75 bits per heavy atom. The van der Waals surface area contributed by atoms with Crippen molar-refractivity contribution in [3.8, 4) is 0 Å². The van der Waals surface area contributed by atoms with Gasteiger partial charge in [0.15, 0.2) is 0 Å². The predicted octanol–water partition coefficient (Wildman–Crippen LogP) is -0.805. The summed E-state index contributed by atoms with van der Waals surface area (Å²) in [6.45, 7) is 0.710. The van der Waals surface area contributed by atoms with Gasteiger partial charge in [-0.15, -0.1) is 0 Å². The van der Waals surface area contributed by atoms with E-state index in [2.05, 4.69) is 4.72 Å². The Kier molecular flexibility index (Phi) is 5.92. The molecule has 0 saturated carbocycles. The summed E-state index contributed by atoms with van der Waals surface area (Å²) in [5.74, 6) is -1.76. The Balaban J connectivity index is 2.71. The zero-order valence-corrected chi connectivity index (χ0v) is 12.9. The fourth-order valence-electron chi connectivity index (χ4n) is 1.92. The van der Waals surface area contributed by atoms with Crippen LogP contribution in [-0.4, -0.2) is 63.4 Å². The second-order valence-electron chi connectivity index (χ2n) is 4.89. The largest absolute Gasteiger partial charge is 0.480 e. The molecule has 0 aromatic rings. The summed E-state index contributed by atoms with van der Waals surface area (Å²) in [6.07, 6.45) is 3.11. The molecule has 1 fully saturated rings. The summed E-state index contributed by atoms with van der Waals surface area (Å²) in [4.78, 5) is 11.0. The summed E-state index contributed by atoms with van der Waals surface area (Å²) in [7, 11) is -7.23.